The number of H-pyrrole nitrogens is 2. The summed E-state index contributed by atoms with van der Waals surface area (Å²) in [6, 6.07) is 3.84. The lowest BCUT2D eigenvalue weighted by molar-refractivity contribution is 0.0953. The van der Waals surface area contributed by atoms with E-state index in [-0.39, 0.29) is 10.9 Å². The topological polar surface area (TPSA) is 90.6 Å². The SMILES string of the molecule is O=C(NCCc1cnc[nH]1)c1c[nH]c2ccc(F)cc2c1=O. The van der Waals surface area contributed by atoms with Crippen LogP contribution in [0.2, 0.25) is 0 Å². The van der Waals surface area contributed by atoms with Crippen molar-refractivity contribution in [3.05, 3.63) is 64.2 Å². The number of hydrogen-bond donors (Lipinski definition) is 3. The molecule has 0 aliphatic heterocycles. The van der Waals surface area contributed by atoms with E-state index in [1.165, 1.54) is 18.3 Å². The number of nitrogens with zero attached hydrogens (tertiary/aromatic N) is 1. The molecule has 0 saturated heterocycles. The molecule has 1 amide bonds. The van der Waals surface area contributed by atoms with E-state index in [4.69, 9.17) is 0 Å². The van der Waals surface area contributed by atoms with Crippen molar-refractivity contribution in [3.8, 4) is 0 Å². The Bertz CT molecular complexity index is 871. The minimum absolute atomic E-state index is 0.0392. The van der Waals surface area contributed by atoms with Gasteiger partial charge in [0.2, 0.25) is 5.43 Å². The molecule has 2 heterocycles. The lowest BCUT2D eigenvalue weighted by atomic mass is 10.1. The summed E-state index contributed by atoms with van der Waals surface area (Å²) in [5.41, 5.74) is 0.838. The Balaban J connectivity index is 1.79. The molecule has 3 rings (SSSR count). The van der Waals surface area contributed by atoms with Crippen molar-refractivity contribution in [2.75, 3.05) is 6.54 Å². The Kier molecular flexibility index (Phi) is 3.69. The van der Waals surface area contributed by atoms with Crippen molar-refractivity contribution in [2.45, 2.75) is 6.42 Å². The molecular weight excluding hydrogens is 287 g/mol. The van der Waals surface area contributed by atoms with Crippen molar-refractivity contribution < 1.29 is 9.18 Å². The standard InChI is InChI=1S/C15H13FN4O2/c16-9-1-2-13-11(5-9)14(21)12(7-19-13)15(22)18-4-3-10-6-17-8-20-10/h1-2,5-8H,3-4H2,(H,17,20)(H,18,22)(H,19,21). The normalized spacial score (nSPS) is 10.8. The molecule has 0 atom stereocenters. The Hall–Kier alpha value is -2.96. The third kappa shape index (κ3) is 2.73. The van der Waals surface area contributed by atoms with E-state index in [0.717, 1.165) is 11.8 Å². The molecule has 0 aliphatic rings. The fourth-order valence-electron chi connectivity index (χ4n) is 2.19. The maximum absolute atomic E-state index is 13.2. The van der Waals surface area contributed by atoms with Gasteiger partial charge in [0.1, 0.15) is 11.4 Å². The molecule has 0 radical (unpaired) electrons. The van der Waals surface area contributed by atoms with Gasteiger partial charge < -0.3 is 15.3 Å². The Morgan fingerprint density at radius 1 is 1.32 bits per heavy atom. The van der Waals surface area contributed by atoms with E-state index in [1.54, 1.807) is 12.5 Å². The highest BCUT2D eigenvalue weighted by molar-refractivity contribution is 5.97. The lowest BCUT2D eigenvalue weighted by Crippen LogP contribution is -2.30. The molecule has 0 fully saturated rings. The average Bonchev–Trinajstić information content (AvgIpc) is 3.01. The zero-order valence-electron chi connectivity index (χ0n) is 11.5. The smallest absolute Gasteiger partial charge is 0.256 e. The van der Waals surface area contributed by atoms with Crippen LogP contribution < -0.4 is 10.7 Å². The molecule has 112 valence electrons. The molecule has 3 aromatic rings. The van der Waals surface area contributed by atoms with Crippen LogP contribution in [0.25, 0.3) is 10.9 Å². The first-order valence-corrected chi connectivity index (χ1v) is 6.71. The monoisotopic (exact) mass is 300 g/mol. The molecule has 0 saturated carbocycles. The number of benzene rings is 1. The van der Waals surface area contributed by atoms with Crippen LogP contribution in [0, 0.1) is 5.82 Å². The molecule has 0 spiro atoms. The van der Waals surface area contributed by atoms with E-state index >= 15 is 0 Å². The molecule has 7 heteroatoms. The molecule has 0 unspecified atom stereocenters. The van der Waals surface area contributed by atoms with Gasteiger partial charge in [-0.25, -0.2) is 9.37 Å². The van der Waals surface area contributed by atoms with Crippen LogP contribution in [0.15, 0.2) is 41.7 Å². The predicted molar refractivity (Wildman–Crippen MR) is 79.2 cm³/mol. The van der Waals surface area contributed by atoms with Gasteiger partial charge in [-0.1, -0.05) is 0 Å². The average molecular weight is 300 g/mol. The largest absolute Gasteiger partial charge is 0.360 e. The van der Waals surface area contributed by atoms with Gasteiger partial charge in [-0.2, -0.15) is 0 Å². The highest BCUT2D eigenvalue weighted by Crippen LogP contribution is 2.10. The number of carbonyl (C=O) groups is 1. The Labute approximate surface area is 124 Å². The first-order valence-electron chi connectivity index (χ1n) is 6.71. The molecular formula is C15H13FN4O2. The van der Waals surface area contributed by atoms with Crippen molar-refractivity contribution in [2.24, 2.45) is 0 Å². The fraction of sp³-hybridized carbons (Fsp3) is 0.133. The van der Waals surface area contributed by atoms with E-state index in [9.17, 15) is 14.0 Å². The summed E-state index contributed by atoms with van der Waals surface area (Å²) in [4.78, 5) is 33.9. The molecule has 22 heavy (non-hydrogen) atoms. The molecule has 0 aliphatic carbocycles. The zero-order valence-corrected chi connectivity index (χ0v) is 11.5. The summed E-state index contributed by atoms with van der Waals surface area (Å²) in [5.74, 6) is -1.01. The van der Waals surface area contributed by atoms with E-state index in [0.29, 0.717) is 18.5 Å². The minimum atomic E-state index is -0.519. The number of amides is 1. The number of imidazole rings is 1. The van der Waals surface area contributed by atoms with Crippen LogP contribution in [0.3, 0.4) is 0 Å². The van der Waals surface area contributed by atoms with Crippen LogP contribution in [-0.2, 0) is 6.42 Å². The second-order valence-electron chi connectivity index (χ2n) is 4.80. The summed E-state index contributed by atoms with van der Waals surface area (Å²) in [5, 5.41) is 2.81. The summed E-state index contributed by atoms with van der Waals surface area (Å²) in [7, 11) is 0. The number of aromatic amines is 2. The Morgan fingerprint density at radius 3 is 2.95 bits per heavy atom. The Morgan fingerprint density at radius 2 is 2.18 bits per heavy atom. The van der Waals surface area contributed by atoms with E-state index in [1.807, 2.05) is 0 Å². The molecule has 3 N–H and O–H groups in total. The van der Waals surface area contributed by atoms with Crippen LogP contribution >= 0.6 is 0 Å². The van der Waals surface area contributed by atoms with E-state index in [2.05, 4.69) is 20.3 Å². The number of halogens is 1. The van der Waals surface area contributed by atoms with Gasteiger partial charge in [-0.15, -0.1) is 0 Å². The maximum atomic E-state index is 13.2. The number of nitrogens with one attached hydrogen (secondary N) is 3. The first-order chi connectivity index (χ1) is 10.6. The number of hydrogen-bond acceptors (Lipinski definition) is 3. The van der Waals surface area contributed by atoms with Gasteiger partial charge in [0.05, 0.1) is 6.33 Å². The van der Waals surface area contributed by atoms with Crippen LogP contribution in [0.5, 0.6) is 0 Å². The fourth-order valence-corrected chi connectivity index (χ4v) is 2.19. The van der Waals surface area contributed by atoms with Crippen molar-refractivity contribution in [3.63, 3.8) is 0 Å². The minimum Gasteiger partial charge on any atom is -0.360 e. The number of rotatable bonds is 4. The number of aromatic nitrogens is 3. The van der Waals surface area contributed by atoms with Crippen molar-refractivity contribution in [1.29, 1.82) is 0 Å². The van der Waals surface area contributed by atoms with Crippen molar-refractivity contribution >= 4 is 16.8 Å². The third-order valence-electron chi connectivity index (χ3n) is 3.32. The first kappa shape index (κ1) is 14.0. The zero-order chi connectivity index (χ0) is 15.5. The number of fused-ring (bicyclic) bond motifs is 1. The summed E-state index contributed by atoms with van der Waals surface area (Å²) >= 11 is 0. The van der Waals surface area contributed by atoms with Gasteiger partial charge in [-0.3, -0.25) is 9.59 Å². The number of carbonyl (C=O) groups excluding carboxylic acids is 1. The van der Waals surface area contributed by atoms with Gasteiger partial charge in [0.15, 0.2) is 0 Å². The second kappa shape index (κ2) is 5.80. The predicted octanol–water partition coefficient (Wildman–Crippen LogP) is 1.36. The van der Waals surface area contributed by atoms with Gasteiger partial charge >= 0.3 is 0 Å². The van der Waals surface area contributed by atoms with Crippen LogP contribution in [0.1, 0.15) is 16.1 Å². The maximum Gasteiger partial charge on any atom is 0.256 e. The molecule has 0 bridgehead atoms. The second-order valence-corrected chi connectivity index (χ2v) is 4.80. The summed E-state index contributed by atoms with van der Waals surface area (Å²) < 4.78 is 13.2. The quantitative estimate of drug-likeness (QED) is 0.679. The van der Waals surface area contributed by atoms with Gasteiger partial charge in [0.25, 0.3) is 5.91 Å². The van der Waals surface area contributed by atoms with Crippen LogP contribution in [0.4, 0.5) is 4.39 Å². The lowest BCUT2D eigenvalue weighted by Gasteiger charge is -2.05. The van der Waals surface area contributed by atoms with Crippen LogP contribution in [-0.4, -0.2) is 27.4 Å². The van der Waals surface area contributed by atoms with E-state index < -0.39 is 17.2 Å². The third-order valence-corrected chi connectivity index (χ3v) is 3.32. The van der Waals surface area contributed by atoms with Gasteiger partial charge in [-0.05, 0) is 18.2 Å². The molecule has 6 nitrogen and oxygen atoms in total. The molecule has 2 aromatic heterocycles. The summed E-state index contributed by atoms with van der Waals surface area (Å²) in [6.45, 7) is 0.363. The number of pyridine rings is 1. The molecule has 1 aromatic carbocycles. The highest BCUT2D eigenvalue weighted by atomic mass is 19.1. The highest BCUT2D eigenvalue weighted by Gasteiger charge is 2.13. The van der Waals surface area contributed by atoms with Gasteiger partial charge in [0, 0.05) is 42.0 Å². The van der Waals surface area contributed by atoms with Crippen molar-refractivity contribution in [1.82, 2.24) is 20.3 Å². The summed E-state index contributed by atoms with van der Waals surface area (Å²) in [6.07, 6.45) is 5.14.